The molecule has 0 amide bonds. The van der Waals surface area contributed by atoms with Gasteiger partial charge in [0.15, 0.2) is 11.5 Å². The monoisotopic (exact) mass is 275 g/mol. The van der Waals surface area contributed by atoms with Crippen molar-refractivity contribution in [3.05, 3.63) is 24.8 Å². The first-order chi connectivity index (χ1) is 9.65. The van der Waals surface area contributed by atoms with E-state index >= 15 is 0 Å². The third-order valence-corrected chi connectivity index (χ3v) is 3.19. The highest BCUT2D eigenvalue weighted by molar-refractivity contribution is 5.81. The van der Waals surface area contributed by atoms with Gasteiger partial charge < -0.3 is 20.1 Å². The van der Waals surface area contributed by atoms with Crippen molar-refractivity contribution in [2.45, 2.75) is 18.6 Å². The molecule has 0 saturated carbocycles. The van der Waals surface area contributed by atoms with E-state index in [1.165, 1.54) is 6.33 Å². The molecule has 0 spiro atoms. The van der Waals surface area contributed by atoms with Crippen LogP contribution in [-0.4, -0.2) is 43.3 Å². The lowest BCUT2D eigenvalue weighted by atomic mass is 10.2. The molecule has 0 aliphatic heterocycles. The van der Waals surface area contributed by atoms with Gasteiger partial charge in [-0.15, -0.1) is 0 Å². The van der Waals surface area contributed by atoms with Crippen LogP contribution in [0.15, 0.2) is 24.8 Å². The van der Waals surface area contributed by atoms with E-state index in [2.05, 4.69) is 15.0 Å². The number of nitrogens with zero attached hydrogens (tertiary/aromatic N) is 4. The van der Waals surface area contributed by atoms with Crippen molar-refractivity contribution in [2.24, 2.45) is 0 Å². The predicted molar refractivity (Wildman–Crippen MR) is 69.9 cm³/mol. The van der Waals surface area contributed by atoms with Gasteiger partial charge in [0.25, 0.3) is 0 Å². The standard InChI is InChI=1S/C12H13N5O3/c13-11-10-12(15-5-14-11)17(6-16-10)7-1-2-8(3-7)20-4-9(18)19/h1-2,5-8H,3-4H2,(H,18,19)(H2,13,14,15)/t7-,8+/m1/s1. The zero-order valence-electron chi connectivity index (χ0n) is 10.5. The topological polar surface area (TPSA) is 116 Å². The van der Waals surface area contributed by atoms with Crippen molar-refractivity contribution in [1.29, 1.82) is 0 Å². The molecule has 0 saturated heterocycles. The molecule has 0 unspecified atom stereocenters. The van der Waals surface area contributed by atoms with Crippen LogP contribution in [0.1, 0.15) is 12.5 Å². The quantitative estimate of drug-likeness (QED) is 0.774. The second-order valence-electron chi connectivity index (χ2n) is 4.51. The maximum absolute atomic E-state index is 10.5. The smallest absolute Gasteiger partial charge is 0.329 e. The van der Waals surface area contributed by atoms with Gasteiger partial charge in [0.05, 0.1) is 18.5 Å². The summed E-state index contributed by atoms with van der Waals surface area (Å²) in [5.74, 6) is -0.634. The van der Waals surface area contributed by atoms with E-state index in [-0.39, 0.29) is 18.8 Å². The Morgan fingerprint density at radius 2 is 2.30 bits per heavy atom. The molecule has 0 fully saturated rings. The number of carboxylic acids is 1. The Balaban J connectivity index is 1.79. The van der Waals surface area contributed by atoms with Gasteiger partial charge in [0, 0.05) is 6.42 Å². The van der Waals surface area contributed by atoms with Gasteiger partial charge in [0.1, 0.15) is 18.5 Å². The first-order valence-electron chi connectivity index (χ1n) is 6.10. The summed E-state index contributed by atoms with van der Waals surface area (Å²) in [7, 11) is 0. The number of aromatic nitrogens is 4. The van der Waals surface area contributed by atoms with Crippen molar-refractivity contribution in [3.63, 3.8) is 0 Å². The number of hydrogen-bond donors (Lipinski definition) is 2. The Kier molecular flexibility index (Phi) is 3.07. The van der Waals surface area contributed by atoms with Gasteiger partial charge in [-0.25, -0.2) is 19.7 Å². The zero-order valence-corrected chi connectivity index (χ0v) is 10.5. The van der Waals surface area contributed by atoms with Crippen molar-refractivity contribution < 1.29 is 14.6 Å². The van der Waals surface area contributed by atoms with Gasteiger partial charge in [-0.05, 0) is 0 Å². The molecule has 2 aromatic rings. The van der Waals surface area contributed by atoms with E-state index in [0.717, 1.165) is 0 Å². The Hall–Kier alpha value is -2.48. The van der Waals surface area contributed by atoms with Crippen LogP contribution >= 0.6 is 0 Å². The minimum Gasteiger partial charge on any atom is -0.480 e. The molecular weight excluding hydrogens is 262 g/mol. The number of carboxylic acid groups (broad SMARTS) is 1. The molecule has 8 heteroatoms. The number of carbonyl (C=O) groups is 1. The Labute approximate surface area is 113 Å². The van der Waals surface area contributed by atoms with Crippen molar-refractivity contribution >= 4 is 23.0 Å². The van der Waals surface area contributed by atoms with Crippen LogP contribution in [0.4, 0.5) is 5.82 Å². The summed E-state index contributed by atoms with van der Waals surface area (Å²) in [4.78, 5) is 22.8. The van der Waals surface area contributed by atoms with Crippen LogP contribution in [0.3, 0.4) is 0 Å². The highest BCUT2D eigenvalue weighted by Gasteiger charge is 2.23. The SMILES string of the molecule is Nc1ncnc2c1ncn2[C@@H]1C=C[C@H](OCC(=O)O)C1. The van der Waals surface area contributed by atoms with Crippen molar-refractivity contribution in [2.75, 3.05) is 12.3 Å². The van der Waals surface area contributed by atoms with Crippen LogP contribution in [-0.2, 0) is 9.53 Å². The fourth-order valence-corrected chi connectivity index (χ4v) is 2.27. The van der Waals surface area contributed by atoms with Crippen molar-refractivity contribution in [1.82, 2.24) is 19.5 Å². The normalized spacial score (nSPS) is 21.6. The van der Waals surface area contributed by atoms with E-state index in [1.54, 1.807) is 6.33 Å². The van der Waals surface area contributed by atoms with Crippen LogP contribution in [0.5, 0.6) is 0 Å². The summed E-state index contributed by atoms with van der Waals surface area (Å²) in [6.45, 7) is -0.304. The van der Waals surface area contributed by atoms with Gasteiger partial charge >= 0.3 is 5.97 Å². The van der Waals surface area contributed by atoms with E-state index in [9.17, 15) is 4.79 Å². The maximum atomic E-state index is 10.5. The second kappa shape index (κ2) is 4.89. The summed E-state index contributed by atoms with van der Waals surface area (Å²) >= 11 is 0. The molecule has 104 valence electrons. The van der Waals surface area contributed by atoms with Crippen LogP contribution < -0.4 is 5.73 Å². The number of rotatable bonds is 4. The first kappa shape index (κ1) is 12.5. The molecule has 2 heterocycles. The molecule has 3 N–H and O–H groups in total. The lowest BCUT2D eigenvalue weighted by molar-refractivity contribution is -0.143. The Morgan fingerprint density at radius 1 is 1.45 bits per heavy atom. The number of allylic oxidation sites excluding steroid dienone is 1. The lowest BCUT2D eigenvalue weighted by Gasteiger charge is -2.13. The minimum absolute atomic E-state index is 0.0214. The molecule has 2 aromatic heterocycles. The predicted octanol–water partition coefficient (Wildman–Crippen LogP) is 0.379. The van der Waals surface area contributed by atoms with Gasteiger partial charge in [-0.3, -0.25) is 0 Å². The molecule has 8 nitrogen and oxygen atoms in total. The maximum Gasteiger partial charge on any atom is 0.329 e. The van der Waals surface area contributed by atoms with E-state index < -0.39 is 5.97 Å². The molecule has 0 bridgehead atoms. The van der Waals surface area contributed by atoms with E-state index in [1.807, 2.05) is 16.7 Å². The summed E-state index contributed by atoms with van der Waals surface area (Å²) in [6.07, 6.45) is 7.28. The number of hydrogen-bond acceptors (Lipinski definition) is 6. The van der Waals surface area contributed by atoms with Gasteiger partial charge in [-0.2, -0.15) is 0 Å². The largest absolute Gasteiger partial charge is 0.480 e. The van der Waals surface area contributed by atoms with Gasteiger partial charge in [0.2, 0.25) is 0 Å². The number of nitrogen functional groups attached to an aromatic ring is 1. The molecule has 0 radical (unpaired) electrons. The average Bonchev–Trinajstić information content (AvgIpc) is 3.02. The Bertz CT molecular complexity index is 681. The number of imidazole rings is 1. The molecule has 1 aliphatic carbocycles. The van der Waals surface area contributed by atoms with Crippen LogP contribution in [0, 0.1) is 0 Å². The number of nitrogens with two attached hydrogens (primary N) is 1. The fraction of sp³-hybridized carbons (Fsp3) is 0.333. The van der Waals surface area contributed by atoms with Gasteiger partial charge in [-0.1, -0.05) is 12.2 Å². The number of fused-ring (bicyclic) bond motifs is 1. The molecule has 2 atom stereocenters. The van der Waals surface area contributed by atoms with Crippen molar-refractivity contribution in [3.8, 4) is 0 Å². The lowest BCUT2D eigenvalue weighted by Crippen LogP contribution is -2.16. The summed E-state index contributed by atoms with van der Waals surface area (Å²) < 4.78 is 7.13. The van der Waals surface area contributed by atoms with E-state index in [4.69, 9.17) is 15.6 Å². The minimum atomic E-state index is -0.976. The highest BCUT2D eigenvalue weighted by Crippen LogP contribution is 2.28. The first-order valence-corrected chi connectivity index (χ1v) is 6.10. The second-order valence-corrected chi connectivity index (χ2v) is 4.51. The molecule has 1 aliphatic rings. The molecule has 0 aromatic carbocycles. The summed E-state index contributed by atoms with van der Waals surface area (Å²) in [5.41, 5.74) is 6.97. The number of ether oxygens (including phenoxy) is 1. The third-order valence-electron chi connectivity index (χ3n) is 3.19. The summed E-state index contributed by atoms with van der Waals surface area (Å²) in [6, 6.07) is 0.0214. The van der Waals surface area contributed by atoms with Crippen LogP contribution in [0.25, 0.3) is 11.2 Å². The Morgan fingerprint density at radius 3 is 3.10 bits per heavy atom. The van der Waals surface area contributed by atoms with Crippen LogP contribution in [0.2, 0.25) is 0 Å². The zero-order chi connectivity index (χ0) is 14.1. The number of anilines is 1. The molecule has 20 heavy (non-hydrogen) atoms. The van der Waals surface area contributed by atoms with E-state index in [0.29, 0.717) is 23.4 Å². The number of aliphatic carboxylic acids is 1. The summed E-state index contributed by atoms with van der Waals surface area (Å²) in [5, 5.41) is 8.60. The fourth-order valence-electron chi connectivity index (χ4n) is 2.27. The average molecular weight is 275 g/mol. The molecule has 3 rings (SSSR count). The molecular formula is C12H13N5O3. The third kappa shape index (κ3) is 2.21. The highest BCUT2D eigenvalue weighted by atomic mass is 16.5.